The standard InChI is InChI=1S/C15H20N4O2S/c1-9(2)3-4-13-17-10-7-19(6-5-12(10)21-13)14(20)11-8-22-15(16)18-11/h8-9H,3-7H2,1-2H3,(H2,16,18). The molecule has 0 radical (unpaired) electrons. The molecular formula is C15H20N4O2S. The Labute approximate surface area is 133 Å². The van der Waals surface area contributed by atoms with Gasteiger partial charge in [0.05, 0.1) is 6.54 Å². The highest BCUT2D eigenvalue weighted by Crippen LogP contribution is 2.23. The molecule has 0 aromatic carbocycles. The number of oxazole rings is 1. The minimum absolute atomic E-state index is 0.0923. The van der Waals surface area contributed by atoms with Crippen LogP contribution >= 0.6 is 11.3 Å². The Bertz CT molecular complexity index is 677. The molecule has 1 aliphatic rings. The summed E-state index contributed by atoms with van der Waals surface area (Å²) in [6.45, 7) is 5.48. The van der Waals surface area contributed by atoms with Gasteiger partial charge in [-0.15, -0.1) is 11.3 Å². The lowest BCUT2D eigenvalue weighted by molar-refractivity contribution is 0.0723. The highest BCUT2D eigenvalue weighted by atomic mass is 32.1. The van der Waals surface area contributed by atoms with Gasteiger partial charge in [-0.1, -0.05) is 13.8 Å². The van der Waals surface area contributed by atoms with Crippen LogP contribution in [0.25, 0.3) is 0 Å². The van der Waals surface area contributed by atoms with Gasteiger partial charge in [0.2, 0.25) is 0 Å². The molecule has 2 aromatic heterocycles. The molecule has 0 atom stereocenters. The van der Waals surface area contributed by atoms with Gasteiger partial charge in [0.25, 0.3) is 5.91 Å². The number of hydrogen-bond donors (Lipinski definition) is 1. The van der Waals surface area contributed by atoms with Crippen LogP contribution in [0.2, 0.25) is 0 Å². The van der Waals surface area contributed by atoms with Crippen molar-refractivity contribution >= 4 is 22.4 Å². The van der Waals surface area contributed by atoms with Crippen LogP contribution < -0.4 is 5.73 Å². The summed E-state index contributed by atoms with van der Waals surface area (Å²) in [5.41, 5.74) is 6.88. The number of nitrogen functional groups attached to an aromatic ring is 1. The fourth-order valence-corrected chi connectivity index (χ4v) is 3.03. The van der Waals surface area contributed by atoms with E-state index in [-0.39, 0.29) is 5.91 Å². The van der Waals surface area contributed by atoms with E-state index in [2.05, 4.69) is 23.8 Å². The number of nitrogens with two attached hydrogens (primary N) is 1. The number of nitrogens with zero attached hydrogens (tertiary/aromatic N) is 3. The summed E-state index contributed by atoms with van der Waals surface area (Å²) in [6.07, 6.45) is 2.61. The van der Waals surface area contributed by atoms with Gasteiger partial charge in [-0.3, -0.25) is 4.79 Å². The summed E-state index contributed by atoms with van der Waals surface area (Å²) in [5, 5.41) is 2.11. The highest BCUT2D eigenvalue weighted by molar-refractivity contribution is 7.13. The second kappa shape index (κ2) is 6.08. The largest absolute Gasteiger partial charge is 0.445 e. The first kappa shape index (κ1) is 15.0. The van der Waals surface area contributed by atoms with Gasteiger partial charge in [0.1, 0.15) is 17.1 Å². The number of aryl methyl sites for hydroxylation is 1. The molecule has 118 valence electrons. The second-order valence-corrected chi connectivity index (χ2v) is 6.85. The summed E-state index contributed by atoms with van der Waals surface area (Å²) in [7, 11) is 0. The van der Waals surface area contributed by atoms with Crippen LogP contribution in [0.4, 0.5) is 5.13 Å². The van der Waals surface area contributed by atoms with Gasteiger partial charge < -0.3 is 15.1 Å². The number of carbonyl (C=O) groups excluding carboxylic acids is 1. The maximum atomic E-state index is 12.4. The Balaban J connectivity index is 1.69. The first-order valence-electron chi connectivity index (χ1n) is 7.50. The van der Waals surface area contributed by atoms with Crippen molar-refractivity contribution in [3.63, 3.8) is 0 Å². The second-order valence-electron chi connectivity index (χ2n) is 5.96. The van der Waals surface area contributed by atoms with E-state index < -0.39 is 0 Å². The number of fused-ring (bicyclic) bond motifs is 1. The predicted molar refractivity (Wildman–Crippen MR) is 84.6 cm³/mol. The van der Waals surface area contributed by atoms with E-state index in [4.69, 9.17) is 10.2 Å². The third kappa shape index (κ3) is 3.14. The number of aromatic nitrogens is 2. The molecule has 0 aliphatic carbocycles. The molecule has 1 aliphatic heterocycles. The Morgan fingerprint density at radius 3 is 3.00 bits per heavy atom. The van der Waals surface area contributed by atoms with E-state index in [1.54, 1.807) is 10.3 Å². The van der Waals surface area contributed by atoms with E-state index >= 15 is 0 Å². The molecule has 0 fully saturated rings. The summed E-state index contributed by atoms with van der Waals surface area (Å²) in [4.78, 5) is 22.8. The SMILES string of the molecule is CC(C)CCc1nc2c(o1)CCN(C(=O)c1csc(N)n1)C2. The van der Waals surface area contributed by atoms with Crippen LogP contribution in [0.1, 0.15) is 48.1 Å². The zero-order valence-electron chi connectivity index (χ0n) is 12.8. The number of carbonyl (C=O) groups is 1. The number of anilines is 1. The highest BCUT2D eigenvalue weighted by Gasteiger charge is 2.27. The molecule has 0 saturated carbocycles. The lowest BCUT2D eigenvalue weighted by Crippen LogP contribution is -2.36. The van der Waals surface area contributed by atoms with Crippen molar-refractivity contribution in [2.45, 2.75) is 39.7 Å². The van der Waals surface area contributed by atoms with Crippen molar-refractivity contribution in [1.29, 1.82) is 0 Å². The Morgan fingerprint density at radius 2 is 2.32 bits per heavy atom. The van der Waals surface area contributed by atoms with E-state index in [0.29, 0.717) is 36.3 Å². The van der Waals surface area contributed by atoms with E-state index in [0.717, 1.165) is 30.2 Å². The van der Waals surface area contributed by atoms with Crippen LogP contribution in [0, 0.1) is 5.92 Å². The first-order valence-corrected chi connectivity index (χ1v) is 8.38. The van der Waals surface area contributed by atoms with Crippen LogP contribution in [-0.2, 0) is 19.4 Å². The van der Waals surface area contributed by atoms with Crippen molar-refractivity contribution in [2.24, 2.45) is 5.92 Å². The molecule has 3 heterocycles. The molecule has 22 heavy (non-hydrogen) atoms. The number of amides is 1. The van der Waals surface area contributed by atoms with Gasteiger partial charge in [0, 0.05) is 24.8 Å². The topological polar surface area (TPSA) is 85.2 Å². The molecule has 3 rings (SSSR count). The first-order chi connectivity index (χ1) is 10.5. The zero-order valence-corrected chi connectivity index (χ0v) is 13.7. The van der Waals surface area contributed by atoms with Gasteiger partial charge in [-0.25, -0.2) is 9.97 Å². The monoisotopic (exact) mass is 320 g/mol. The molecule has 0 saturated heterocycles. The zero-order chi connectivity index (χ0) is 15.7. The molecule has 1 amide bonds. The van der Waals surface area contributed by atoms with Crippen molar-refractivity contribution in [2.75, 3.05) is 12.3 Å². The molecule has 2 N–H and O–H groups in total. The van der Waals surface area contributed by atoms with Crippen molar-refractivity contribution in [3.8, 4) is 0 Å². The molecular weight excluding hydrogens is 300 g/mol. The van der Waals surface area contributed by atoms with Gasteiger partial charge in [-0.05, 0) is 12.3 Å². The molecule has 7 heteroatoms. The van der Waals surface area contributed by atoms with Crippen molar-refractivity contribution < 1.29 is 9.21 Å². The smallest absolute Gasteiger partial charge is 0.273 e. The third-order valence-electron chi connectivity index (χ3n) is 3.74. The fraction of sp³-hybridized carbons (Fsp3) is 0.533. The normalized spacial score (nSPS) is 14.4. The van der Waals surface area contributed by atoms with Crippen LogP contribution in [0.15, 0.2) is 9.80 Å². The van der Waals surface area contributed by atoms with Gasteiger partial charge in [-0.2, -0.15) is 0 Å². The lowest BCUT2D eigenvalue weighted by Gasteiger charge is -2.24. The minimum Gasteiger partial charge on any atom is -0.445 e. The number of rotatable bonds is 4. The van der Waals surface area contributed by atoms with Crippen molar-refractivity contribution in [1.82, 2.24) is 14.9 Å². The van der Waals surface area contributed by atoms with Crippen LogP contribution in [0.3, 0.4) is 0 Å². The van der Waals surface area contributed by atoms with Crippen molar-refractivity contribution in [3.05, 3.63) is 28.4 Å². The molecule has 0 spiro atoms. The van der Waals surface area contributed by atoms with Gasteiger partial charge >= 0.3 is 0 Å². The third-order valence-corrected chi connectivity index (χ3v) is 4.41. The summed E-state index contributed by atoms with van der Waals surface area (Å²) < 4.78 is 5.81. The number of thiazole rings is 1. The van der Waals surface area contributed by atoms with Crippen LogP contribution in [-0.4, -0.2) is 27.3 Å². The lowest BCUT2D eigenvalue weighted by atomic mass is 10.1. The fourth-order valence-electron chi connectivity index (χ4n) is 2.49. The Kier molecular flexibility index (Phi) is 4.15. The summed E-state index contributed by atoms with van der Waals surface area (Å²) in [6, 6.07) is 0. The van der Waals surface area contributed by atoms with E-state index in [9.17, 15) is 4.79 Å². The summed E-state index contributed by atoms with van der Waals surface area (Å²) in [5.74, 6) is 2.23. The summed E-state index contributed by atoms with van der Waals surface area (Å²) >= 11 is 1.28. The Hall–Kier alpha value is -1.89. The van der Waals surface area contributed by atoms with E-state index in [1.165, 1.54) is 11.3 Å². The molecule has 0 unspecified atom stereocenters. The maximum absolute atomic E-state index is 12.4. The maximum Gasteiger partial charge on any atom is 0.273 e. The predicted octanol–water partition coefficient (Wildman–Crippen LogP) is 2.50. The molecule has 2 aromatic rings. The minimum atomic E-state index is -0.0923. The quantitative estimate of drug-likeness (QED) is 0.935. The average Bonchev–Trinajstić information content (AvgIpc) is 3.09. The average molecular weight is 320 g/mol. The van der Waals surface area contributed by atoms with Gasteiger partial charge in [0.15, 0.2) is 11.0 Å². The molecule has 0 bridgehead atoms. The van der Waals surface area contributed by atoms with Crippen LogP contribution in [0.5, 0.6) is 0 Å². The molecule has 6 nitrogen and oxygen atoms in total. The van der Waals surface area contributed by atoms with E-state index in [1.807, 2.05) is 0 Å². The Morgan fingerprint density at radius 1 is 1.50 bits per heavy atom. The number of hydrogen-bond acceptors (Lipinski definition) is 6.